The second-order valence-corrected chi connectivity index (χ2v) is 5.77. The molecule has 0 bridgehead atoms. The van der Waals surface area contributed by atoms with Crippen molar-refractivity contribution in [2.24, 2.45) is 11.8 Å². The zero-order valence-electron chi connectivity index (χ0n) is 11.7. The molecule has 2 atom stereocenters. The molecule has 2 fully saturated rings. The first kappa shape index (κ1) is 12.0. The van der Waals surface area contributed by atoms with Gasteiger partial charge in [0, 0.05) is 43.1 Å². The predicted molar refractivity (Wildman–Crippen MR) is 80.4 cm³/mol. The fraction of sp³-hybridized carbons (Fsp3) is 0.438. The molecular weight excluding hydrogens is 250 g/mol. The third-order valence-corrected chi connectivity index (χ3v) is 4.65. The van der Waals surface area contributed by atoms with E-state index in [9.17, 15) is 0 Å². The first-order chi connectivity index (χ1) is 9.86. The highest BCUT2D eigenvalue weighted by Crippen LogP contribution is 2.35. The van der Waals surface area contributed by atoms with Gasteiger partial charge < -0.3 is 15.0 Å². The second kappa shape index (κ2) is 4.63. The Balaban J connectivity index is 1.77. The van der Waals surface area contributed by atoms with Gasteiger partial charge in [-0.25, -0.2) is 4.98 Å². The summed E-state index contributed by atoms with van der Waals surface area (Å²) in [4.78, 5) is 7.08. The van der Waals surface area contributed by atoms with Crippen molar-refractivity contribution in [1.82, 2.24) is 10.3 Å². The van der Waals surface area contributed by atoms with Gasteiger partial charge in [-0.1, -0.05) is 12.1 Å². The zero-order valence-corrected chi connectivity index (χ0v) is 11.7. The molecule has 2 aliphatic heterocycles. The van der Waals surface area contributed by atoms with Crippen LogP contribution in [0, 0.1) is 11.8 Å². The van der Waals surface area contributed by atoms with Crippen molar-refractivity contribution >= 4 is 16.6 Å². The Bertz CT molecular complexity index is 631. The number of hydrogen-bond acceptors (Lipinski definition) is 4. The predicted octanol–water partition coefficient (Wildman–Crippen LogP) is 1.90. The summed E-state index contributed by atoms with van der Waals surface area (Å²) in [5.41, 5.74) is 0. The quantitative estimate of drug-likeness (QED) is 0.903. The van der Waals surface area contributed by atoms with Crippen molar-refractivity contribution in [3.63, 3.8) is 0 Å². The average molecular weight is 269 g/mol. The van der Waals surface area contributed by atoms with Crippen LogP contribution in [0.3, 0.4) is 0 Å². The van der Waals surface area contributed by atoms with Crippen molar-refractivity contribution in [1.29, 1.82) is 0 Å². The molecule has 0 saturated carbocycles. The van der Waals surface area contributed by atoms with Gasteiger partial charge in [0.1, 0.15) is 11.6 Å². The van der Waals surface area contributed by atoms with Gasteiger partial charge in [-0.05, 0) is 24.0 Å². The summed E-state index contributed by atoms with van der Waals surface area (Å²) < 4.78 is 5.46. The molecule has 4 heteroatoms. The molecule has 0 spiro atoms. The van der Waals surface area contributed by atoms with Gasteiger partial charge in [-0.15, -0.1) is 0 Å². The zero-order chi connectivity index (χ0) is 13.5. The van der Waals surface area contributed by atoms with Crippen LogP contribution in [0.25, 0.3) is 10.8 Å². The lowest BCUT2D eigenvalue weighted by Crippen LogP contribution is -2.26. The maximum atomic E-state index is 5.46. The van der Waals surface area contributed by atoms with E-state index in [0.717, 1.165) is 55.0 Å². The highest BCUT2D eigenvalue weighted by Gasteiger charge is 2.37. The van der Waals surface area contributed by atoms with E-state index in [1.54, 1.807) is 7.11 Å². The molecule has 4 nitrogen and oxygen atoms in total. The number of hydrogen-bond donors (Lipinski definition) is 1. The van der Waals surface area contributed by atoms with Crippen LogP contribution >= 0.6 is 0 Å². The van der Waals surface area contributed by atoms with E-state index in [1.165, 1.54) is 5.39 Å². The van der Waals surface area contributed by atoms with Gasteiger partial charge in [0.05, 0.1) is 7.11 Å². The van der Waals surface area contributed by atoms with E-state index in [1.807, 2.05) is 24.4 Å². The third kappa shape index (κ3) is 1.75. The molecule has 2 aromatic rings. The Morgan fingerprint density at radius 3 is 2.70 bits per heavy atom. The monoisotopic (exact) mass is 269 g/mol. The van der Waals surface area contributed by atoms with Gasteiger partial charge in [-0.3, -0.25) is 0 Å². The van der Waals surface area contributed by atoms with Crippen molar-refractivity contribution in [2.75, 3.05) is 38.2 Å². The Hall–Kier alpha value is -1.81. The Kier molecular flexibility index (Phi) is 2.77. The summed E-state index contributed by atoms with van der Waals surface area (Å²) in [5, 5.41) is 5.83. The molecule has 1 aromatic heterocycles. The maximum absolute atomic E-state index is 5.46. The minimum Gasteiger partial charge on any atom is -0.496 e. The topological polar surface area (TPSA) is 37.4 Å². The first-order valence-corrected chi connectivity index (χ1v) is 7.24. The molecule has 1 aromatic carbocycles. The molecule has 0 aliphatic carbocycles. The van der Waals surface area contributed by atoms with Gasteiger partial charge in [0.2, 0.25) is 0 Å². The lowest BCUT2D eigenvalue weighted by Gasteiger charge is -2.20. The fourth-order valence-electron chi connectivity index (χ4n) is 3.62. The van der Waals surface area contributed by atoms with Crippen LogP contribution in [0.15, 0.2) is 30.5 Å². The summed E-state index contributed by atoms with van der Waals surface area (Å²) in [7, 11) is 1.72. The second-order valence-electron chi connectivity index (χ2n) is 5.77. The highest BCUT2D eigenvalue weighted by molar-refractivity contribution is 5.96. The molecule has 0 amide bonds. The molecular formula is C16H19N3O. The van der Waals surface area contributed by atoms with Crippen LogP contribution < -0.4 is 15.0 Å². The van der Waals surface area contributed by atoms with Crippen molar-refractivity contribution < 1.29 is 4.74 Å². The van der Waals surface area contributed by atoms with E-state index in [-0.39, 0.29) is 0 Å². The van der Waals surface area contributed by atoms with Crippen LogP contribution in [0.2, 0.25) is 0 Å². The summed E-state index contributed by atoms with van der Waals surface area (Å²) >= 11 is 0. The maximum Gasteiger partial charge on any atom is 0.136 e. The lowest BCUT2D eigenvalue weighted by molar-refractivity contribution is 0.420. The lowest BCUT2D eigenvalue weighted by atomic mass is 10.0. The first-order valence-electron chi connectivity index (χ1n) is 7.24. The number of benzene rings is 1. The Labute approximate surface area is 118 Å². The summed E-state index contributed by atoms with van der Waals surface area (Å²) in [6.45, 7) is 4.52. The molecule has 3 heterocycles. The summed E-state index contributed by atoms with van der Waals surface area (Å²) in [5.74, 6) is 3.58. The average Bonchev–Trinajstić information content (AvgIpc) is 3.07. The van der Waals surface area contributed by atoms with Crippen LogP contribution in [0.5, 0.6) is 5.75 Å². The summed E-state index contributed by atoms with van der Waals surface area (Å²) in [6, 6.07) is 8.24. The van der Waals surface area contributed by atoms with E-state index in [2.05, 4.69) is 21.3 Å². The standard InChI is InChI=1S/C16H19N3O/c1-20-15-4-2-3-14-13(15)5-6-18-16(14)19-9-11-7-17-8-12(11)10-19/h2-6,11-12,17H,7-10H2,1H3/t11-,12+. The number of ether oxygens (including phenoxy) is 1. The van der Waals surface area contributed by atoms with Crippen LogP contribution in [0.4, 0.5) is 5.82 Å². The van der Waals surface area contributed by atoms with E-state index in [4.69, 9.17) is 4.74 Å². The number of aromatic nitrogens is 1. The van der Waals surface area contributed by atoms with Crippen molar-refractivity contribution in [2.45, 2.75) is 0 Å². The SMILES string of the molecule is COc1cccc2c(N3C[C@H]4CNC[C@H]4C3)nccc12. The van der Waals surface area contributed by atoms with Crippen molar-refractivity contribution in [3.8, 4) is 5.75 Å². The number of pyridine rings is 1. The number of rotatable bonds is 2. The van der Waals surface area contributed by atoms with E-state index >= 15 is 0 Å². The number of methoxy groups -OCH3 is 1. The Morgan fingerprint density at radius 2 is 1.95 bits per heavy atom. The molecule has 0 unspecified atom stereocenters. The van der Waals surface area contributed by atoms with E-state index in [0.29, 0.717) is 0 Å². The number of fused-ring (bicyclic) bond motifs is 2. The molecule has 104 valence electrons. The molecule has 2 aliphatic rings. The molecule has 4 rings (SSSR count). The Morgan fingerprint density at radius 1 is 1.15 bits per heavy atom. The minimum absolute atomic E-state index is 0.776. The van der Waals surface area contributed by atoms with E-state index < -0.39 is 0 Å². The highest BCUT2D eigenvalue weighted by atomic mass is 16.5. The third-order valence-electron chi connectivity index (χ3n) is 4.65. The van der Waals surface area contributed by atoms with Crippen LogP contribution in [0.1, 0.15) is 0 Å². The van der Waals surface area contributed by atoms with Gasteiger partial charge >= 0.3 is 0 Å². The number of anilines is 1. The van der Waals surface area contributed by atoms with Crippen LogP contribution in [-0.4, -0.2) is 38.3 Å². The van der Waals surface area contributed by atoms with Gasteiger partial charge in [0.15, 0.2) is 0 Å². The van der Waals surface area contributed by atoms with Gasteiger partial charge in [0.25, 0.3) is 0 Å². The largest absolute Gasteiger partial charge is 0.496 e. The number of nitrogens with one attached hydrogen (secondary N) is 1. The molecule has 20 heavy (non-hydrogen) atoms. The number of nitrogens with zero attached hydrogens (tertiary/aromatic N) is 2. The normalized spacial score (nSPS) is 25.1. The van der Waals surface area contributed by atoms with Crippen LogP contribution in [-0.2, 0) is 0 Å². The van der Waals surface area contributed by atoms with Gasteiger partial charge in [-0.2, -0.15) is 0 Å². The molecule has 1 N–H and O–H groups in total. The molecule has 2 saturated heterocycles. The van der Waals surface area contributed by atoms with Crippen molar-refractivity contribution in [3.05, 3.63) is 30.5 Å². The summed E-state index contributed by atoms with van der Waals surface area (Å²) in [6.07, 6.45) is 1.90. The smallest absolute Gasteiger partial charge is 0.136 e. The minimum atomic E-state index is 0.776. The fourth-order valence-corrected chi connectivity index (χ4v) is 3.62. The molecule has 0 radical (unpaired) electrons.